The lowest BCUT2D eigenvalue weighted by molar-refractivity contribution is 1.28. The number of anilines is 3. The number of hydrogen-bond donors (Lipinski definition) is 0. The van der Waals surface area contributed by atoms with Crippen LogP contribution >= 0.6 is 0 Å². The van der Waals surface area contributed by atoms with Gasteiger partial charge in [-0.25, -0.2) is 0 Å². The van der Waals surface area contributed by atoms with E-state index in [4.69, 9.17) is 0 Å². The third-order valence-electron chi connectivity index (χ3n) is 5.42. The molecule has 0 saturated carbocycles. The minimum absolute atomic E-state index is 1.14. The van der Waals surface area contributed by atoms with Crippen molar-refractivity contribution >= 4 is 40.0 Å². The fourth-order valence-corrected chi connectivity index (χ4v) is 3.84. The second-order valence-corrected chi connectivity index (χ2v) is 7.54. The van der Waals surface area contributed by atoms with Crippen LogP contribution < -0.4 is 4.90 Å². The van der Waals surface area contributed by atoms with Gasteiger partial charge in [-0.05, 0) is 64.4 Å². The van der Waals surface area contributed by atoms with E-state index < -0.39 is 0 Å². The SMILES string of the molecule is C(=C\c1ccc2ccccc2c1)/c1ccc(N(c2ccccc2)c2ccccc2)cc1. The van der Waals surface area contributed by atoms with Gasteiger partial charge in [-0.2, -0.15) is 0 Å². The number of rotatable bonds is 5. The molecule has 0 aliphatic carbocycles. The van der Waals surface area contributed by atoms with Crippen LogP contribution in [-0.4, -0.2) is 0 Å². The quantitative estimate of drug-likeness (QED) is 0.269. The minimum atomic E-state index is 1.14. The first kappa shape index (κ1) is 18.9. The Morgan fingerprint density at radius 3 is 1.52 bits per heavy atom. The Hall–Kier alpha value is -4.10. The molecular weight excluding hydrogens is 374 g/mol. The standard InChI is InChI=1S/C30H23N/c1-3-11-28(12-4-1)31(29-13-5-2-6-14-29)30-21-18-24(19-22-30)15-16-25-17-20-26-9-7-8-10-27(26)23-25/h1-23H/b16-15+. The average molecular weight is 398 g/mol. The second-order valence-electron chi connectivity index (χ2n) is 7.54. The van der Waals surface area contributed by atoms with Crippen LogP contribution in [0, 0.1) is 0 Å². The summed E-state index contributed by atoms with van der Waals surface area (Å²) >= 11 is 0. The molecule has 0 fully saturated rings. The predicted molar refractivity (Wildman–Crippen MR) is 134 cm³/mol. The third-order valence-corrected chi connectivity index (χ3v) is 5.42. The molecule has 0 saturated heterocycles. The number of hydrogen-bond acceptors (Lipinski definition) is 1. The summed E-state index contributed by atoms with van der Waals surface area (Å²) in [6, 6.07) is 44.7. The van der Waals surface area contributed by atoms with Gasteiger partial charge in [0.05, 0.1) is 0 Å². The Morgan fingerprint density at radius 1 is 0.387 bits per heavy atom. The minimum Gasteiger partial charge on any atom is -0.311 e. The molecule has 31 heavy (non-hydrogen) atoms. The summed E-state index contributed by atoms with van der Waals surface area (Å²) in [5.41, 5.74) is 5.82. The van der Waals surface area contributed by atoms with Gasteiger partial charge in [-0.15, -0.1) is 0 Å². The fourth-order valence-electron chi connectivity index (χ4n) is 3.84. The van der Waals surface area contributed by atoms with Crippen molar-refractivity contribution in [3.05, 3.63) is 139 Å². The van der Waals surface area contributed by atoms with E-state index in [1.165, 1.54) is 21.9 Å². The molecule has 0 aliphatic heterocycles. The van der Waals surface area contributed by atoms with E-state index in [0.717, 1.165) is 17.1 Å². The molecule has 0 spiro atoms. The van der Waals surface area contributed by atoms with Crippen molar-refractivity contribution in [2.45, 2.75) is 0 Å². The van der Waals surface area contributed by atoms with Crippen molar-refractivity contribution in [2.75, 3.05) is 4.90 Å². The van der Waals surface area contributed by atoms with E-state index >= 15 is 0 Å². The summed E-state index contributed by atoms with van der Waals surface area (Å²) in [6.07, 6.45) is 4.34. The molecule has 1 nitrogen and oxygen atoms in total. The maximum Gasteiger partial charge on any atom is 0.0462 e. The lowest BCUT2D eigenvalue weighted by Gasteiger charge is -2.25. The van der Waals surface area contributed by atoms with Crippen LogP contribution in [0.3, 0.4) is 0 Å². The van der Waals surface area contributed by atoms with E-state index in [1.807, 2.05) is 12.1 Å². The molecule has 5 aromatic rings. The summed E-state index contributed by atoms with van der Waals surface area (Å²) < 4.78 is 0. The molecule has 0 amide bonds. The van der Waals surface area contributed by atoms with Gasteiger partial charge in [0.2, 0.25) is 0 Å². The second kappa shape index (κ2) is 8.73. The van der Waals surface area contributed by atoms with Crippen molar-refractivity contribution < 1.29 is 0 Å². The van der Waals surface area contributed by atoms with Crippen molar-refractivity contribution in [1.29, 1.82) is 0 Å². The summed E-state index contributed by atoms with van der Waals surface area (Å²) in [5, 5.41) is 2.53. The lowest BCUT2D eigenvalue weighted by atomic mass is 10.1. The molecule has 1 heteroatoms. The highest BCUT2D eigenvalue weighted by molar-refractivity contribution is 5.86. The Balaban J connectivity index is 1.43. The lowest BCUT2D eigenvalue weighted by Crippen LogP contribution is -2.09. The molecule has 0 heterocycles. The van der Waals surface area contributed by atoms with E-state index in [9.17, 15) is 0 Å². The summed E-state index contributed by atoms with van der Waals surface area (Å²) in [7, 11) is 0. The van der Waals surface area contributed by atoms with Crippen LogP contribution in [0.5, 0.6) is 0 Å². The Labute approximate surface area is 183 Å². The highest BCUT2D eigenvalue weighted by Crippen LogP contribution is 2.34. The summed E-state index contributed by atoms with van der Waals surface area (Å²) in [4.78, 5) is 2.27. The molecule has 5 aromatic carbocycles. The van der Waals surface area contributed by atoms with Crippen LogP contribution in [0.15, 0.2) is 127 Å². The van der Waals surface area contributed by atoms with Gasteiger partial charge >= 0.3 is 0 Å². The van der Waals surface area contributed by atoms with Gasteiger partial charge in [0.25, 0.3) is 0 Å². The molecule has 148 valence electrons. The normalized spacial score (nSPS) is 11.1. The number of para-hydroxylation sites is 2. The molecule has 0 aromatic heterocycles. The topological polar surface area (TPSA) is 3.24 Å². The smallest absolute Gasteiger partial charge is 0.0462 e. The van der Waals surface area contributed by atoms with E-state index in [1.54, 1.807) is 0 Å². The van der Waals surface area contributed by atoms with Crippen LogP contribution in [0.2, 0.25) is 0 Å². The van der Waals surface area contributed by atoms with Crippen molar-refractivity contribution in [3.63, 3.8) is 0 Å². The molecule has 0 N–H and O–H groups in total. The molecule has 0 unspecified atom stereocenters. The predicted octanol–water partition coefficient (Wildman–Crippen LogP) is 8.48. The van der Waals surface area contributed by atoms with E-state index in [0.29, 0.717) is 0 Å². The van der Waals surface area contributed by atoms with Crippen LogP contribution in [0.4, 0.5) is 17.1 Å². The number of fused-ring (bicyclic) bond motifs is 1. The van der Waals surface area contributed by atoms with E-state index in [2.05, 4.69) is 132 Å². The fraction of sp³-hybridized carbons (Fsp3) is 0. The van der Waals surface area contributed by atoms with Crippen LogP contribution in [0.1, 0.15) is 11.1 Å². The molecule has 0 bridgehead atoms. The zero-order valence-corrected chi connectivity index (χ0v) is 17.2. The maximum atomic E-state index is 2.27. The van der Waals surface area contributed by atoms with Gasteiger partial charge in [0.15, 0.2) is 0 Å². The van der Waals surface area contributed by atoms with E-state index in [-0.39, 0.29) is 0 Å². The van der Waals surface area contributed by atoms with Gasteiger partial charge < -0.3 is 4.90 Å². The third kappa shape index (κ3) is 4.26. The average Bonchev–Trinajstić information content (AvgIpc) is 2.85. The maximum absolute atomic E-state index is 2.27. The van der Waals surface area contributed by atoms with Crippen molar-refractivity contribution in [1.82, 2.24) is 0 Å². The van der Waals surface area contributed by atoms with Gasteiger partial charge in [-0.1, -0.05) is 97.1 Å². The van der Waals surface area contributed by atoms with Crippen molar-refractivity contribution in [2.24, 2.45) is 0 Å². The summed E-state index contributed by atoms with van der Waals surface area (Å²) in [5.74, 6) is 0. The summed E-state index contributed by atoms with van der Waals surface area (Å²) in [6.45, 7) is 0. The number of benzene rings is 5. The first-order valence-corrected chi connectivity index (χ1v) is 10.5. The Kier molecular flexibility index (Phi) is 5.32. The number of nitrogens with zero attached hydrogens (tertiary/aromatic N) is 1. The van der Waals surface area contributed by atoms with Crippen LogP contribution in [0.25, 0.3) is 22.9 Å². The first-order chi connectivity index (χ1) is 15.4. The van der Waals surface area contributed by atoms with Gasteiger partial charge in [-0.3, -0.25) is 0 Å². The largest absolute Gasteiger partial charge is 0.311 e. The molecular formula is C30H23N. The Bertz CT molecular complexity index is 1260. The molecule has 0 aliphatic rings. The first-order valence-electron chi connectivity index (χ1n) is 10.5. The zero-order valence-electron chi connectivity index (χ0n) is 17.2. The van der Waals surface area contributed by atoms with Crippen molar-refractivity contribution in [3.8, 4) is 0 Å². The molecule has 0 radical (unpaired) electrons. The van der Waals surface area contributed by atoms with Gasteiger partial charge in [0, 0.05) is 17.1 Å². The Morgan fingerprint density at radius 2 is 0.871 bits per heavy atom. The highest BCUT2D eigenvalue weighted by Gasteiger charge is 2.11. The van der Waals surface area contributed by atoms with Crippen LogP contribution in [-0.2, 0) is 0 Å². The van der Waals surface area contributed by atoms with Gasteiger partial charge in [0.1, 0.15) is 0 Å². The monoisotopic (exact) mass is 397 g/mol. The molecule has 0 atom stereocenters. The highest BCUT2D eigenvalue weighted by atomic mass is 15.1. The molecule has 5 rings (SSSR count). The zero-order chi connectivity index (χ0) is 20.9.